The van der Waals surface area contributed by atoms with Crippen LogP contribution in [0.5, 0.6) is 0 Å². The molecule has 2 aromatic carbocycles. The van der Waals surface area contributed by atoms with Crippen molar-refractivity contribution >= 4 is 51.0 Å². The van der Waals surface area contributed by atoms with E-state index in [1.165, 1.54) is 67.1 Å². The van der Waals surface area contributed by atoms with Gasteiger partial charge in [-0.2, -0.15) is 0 Å². The zero-order valence-electron chi connectivity index (χ0n) is 22.8. The molecule has 0 bridgehead atoms. The molecule has 6 heteroatoms. The molecule has 0 radical (unpaired) electrons. The Kier molecular flexibility index (Phi) is 6.77. The summed E-state index contributed by atoms with van der Waals surface area (Å²) in [5.74, 6) is 2.35. The molecular weight excluding hydrogens is 480 g/mol. The van der Waals surface area contributed by atoms with E-state index in [1.807, 2.05) is 0 Å². The van der Waals surface area contributed by atoms with Gasteiger partial charge >= 0.3 is 5.82 Å². The SMILES string of the molecule is C(=[NH+]c1cc(N2CCCC2)c2ccccc2n1)C1CCCC[C@@H]1Nc1cc(N2CCCC2)c2ccccc2n1. The van der Waals surface area contributed by atoms with Crippen molar-refractivity contribution in [1.29, 1.82) is 0 Å². The summed E-state index contributed by atoms with van der Waals surface area (Å²) in [7, 11) is 0. The minimum Gasteiger partial charge on any atom is -0.371 e. The Bertz CT molecular complexity index is 1480. The van der Waals surface area contributed by atoms with Crippen LogP contribution in [-0.2, 0) is 0 Å². The second kappa shape index (κ2) is 10.8. The van der Waals surface area contributed by atoms with Crippen LogP contribution in [0.1, 0.15) is 51.4 Å². The van der Waals surface area contributed by atoms with Gasteiger partial charge in [0.2, 0.25) is 0 Å². The molecule has 4 heterocycles. The number of hydrogen-bond donors (Lipinski definition) is 2. The van der Waals surface area contributed by atoms with Crippen molar-refractivity contribution in [1.82, 2.24) is 9.97 Å². The quantitative estimate of drug-likeness (QED) is 0.333. The average molecular weight is 520 g/mol. The van der Waals surface area contributed by atoms with Gasteiger partial charge in [0.15, 0.2) is 5.52 Å². The van der Waals surface area contributed by atoms with Crippen LogP contribution >= 0.6 is 0 Å². The number of nitrogens with one attached hydrogen (secondary N) is 2. The van der Waals surface area contributed by atoms with Crippen molar-refractivity contribution in [2.45, 2.75) is 57.4 Å². The highest BCUT2D eigenvalue weighted by Gasteiger charge is 2.27. The van der Waals surface area contributed by atoms with E-state index in [-0.39, 0.29) is 0 Å². The maximum atomic E-state index is 5.05. The maximum Gasteiger partial charge on any atom is 0.323 e. The third-order valence-electron chi connectivity index (χ3n) is 8.88. The second-order valence-electron chi connectivity index (χ2n) is 11.5. The van der Waals surface area contributed by atoms with Crippen molar-refractivity contribution in [3.63, 3.8) is 0 Å². The smallest absolute Gasteiger partial charge is 0.323 e. The van der Waals surface area contributed by atoms with Gasteiger partial charge in [0.25, 0.3) is 0 Å². The van der Waals surface area contributed by atoms with Gasteiger partial charge < -0.3 is 15.1 Å². The highest BCUT2D eigenvalue weighted by atomic mass is 15.2. The molecule has 2 saturated heterocycles. The minimum absolute atomic E-state index is 0.352. The predicted molar refractivity (Wildman–Crippen MR) is 162 cm³/mol. The number of benzene rings is 2. The predicted octanol–water partition coefficient (Wildman–Crippen LogP) is 5.44. The van der Waals surface area contributed by atoms with Crippen molar-refractivity contribution < 1.29 is 4.99 Å². The first-order valence-electron chi connectivity index (χ1n) is 15.0. The molecule has 2 aromatic heterocycles. The van der Waals surface area contributed by atoms with Crippen molar-refractivity contribution in [3.05, 3.63) is 60.7 Å². The van der Waals surface area contributed by atoms with Crippen LogP contribution in [0.25, 0.3) is 21.8 Å². The number of para-hydroxylation sites is 2. The highest BCUT2D eigenvalue weighted by Crippen LogP contribution is 2.33. The highest BCUT2D eigenvalue weighted by molar-refractivity contribution is 5.94. The van der Waals surface area contributed by atoms with Crippen LogP contribution < -0.4 is 20.1 Å². The third kappa shape index (κ3) is 5.05. The molecule has 200 valence electrons. The summed E-state index contributed by atoms with van der Waals surface area (Å²) in [4.78, 5) is 18.7. The van der Waals surface area contributed by atoms with Gasteiger partial charge in [0.1, 0.15) is 5.82 Å². The zero-order valence-corrected chi connectivity index (χ0v) is 22.8. The average Bonchev–Trinajstić information content (AvgIpc) is 3.71. The van der Waals surface area contributed by atoms with Crippen molar-refractivity contribution in [2.75, 3.05) is 41.3 Å². The number of aromatic nitrogens is 2. The summed E-state index contributed by atoms with van der Waals surface area (Å²) >= 11 is 0. The number of hydrogen-bond acceptors (Lipinski definition) is 5. The van der Waals surface area contributed by atoms with Gasteiger partial charge in [-0.15, -0.1) is 0 Å². The molecule has 0 amide bonds. The Balaban J connectivity index is 1.16. The summed E-state index contributed by atoms with van der Waals surface area (Å²) in [5, 5.41) is 6.38. The summed E-state index contributed by atoms with van der Waals surface area (Å²) in [6.07, 6.45) is 12.2. The van der Waals surface area contributed by atoms with E-state index in [0.717, 1.165) is 55.3 Å². The van der Waals surface area contributed by atoms with Crippen LogP contribution in [0, 0.1) is 5.92 Å². The van der Waals surface area contributed by atoms with E-state index >= 15 is 0 Å². The Morgan fingerprint density at radius 2 is 1.28 bits per heavy atom. The second-order valence-corrected chi connectivity index (χ2v) is 11.5. The normalized spacial score (nSPS) is 21.9. The number of nitrogens with zero attached hydrogens (tertiary/aromatic N) is 4. The van der Waals surface area contributed by atoms with Gasteiger partial charge in [-0.05, 0) is 61.7 Å². The van der Waals surface area contributed by atoms with Gasteiger partial charge in [0.05, 0.1) is 23.5 Å². The molecule has 3 fully saturated rings. The molecule has 6 nitrogen and oxygen atoms in total. The summed E-state index contributed by atoms with van der Waals surface area (Å²) < 4.78 is 0. The van der Waals surface area contributed by atoms with Gasteiger partial charge in [-0.3, -0.25) is 0 Å². The van der Waals surface area contributed by atoms with Crippen LogP contribution in [0.15, 0.2) is 60.7 Å². The molecule has 2 N–H and O–H groups in total. The van der Waals surface area contributed by atoms with E-state index in [2.05, 4.69) is 87.0 Å². The van der Waals surface area contributed by atoms with Crippen LogP contribution in [0.4, 0.5) is 23.0 Å². The molecular formula is C33H39N6+. The maximum absolute atomic E-state index is 5.05. The first-order valence-corrected chi connectivity index (χ1v) is 15.0. The van der Waals surface area contributed by atoms with Crippen LogP contribution in [0.3, 0.4) is 0 Å². The number of anilines is 3. The fourth-order valence-corrected chi connectivity index (χ4v) is 6.82. The van der Waals surface area contributed by atoms with E-state index < -0.39 is 0 Å². The molecule has 39 heavy (non-hydrogen) atoms. The lowest BCUT2D eigenvalue weighted by Crippen LogP contribution is -2.64. The van der Waals surface area contributed by atoms with Gasteiger partial charge in [-0.25, -0.2) is 9.98 Å². The first kappa shape index (κ1) is 24.4. The van der Waals surface area contributed by atoms with Gasteiger partial charge in [0, 0.05) is 60.7 Å². The van der Waals surface area contributed by atoms with E-state index in [0.29, 0.717) is 12.0 Å². The van der Waals surface area contributed by atoms with Crippen molar-refractivity contribution in [2.24, 2.45) is 5.92 Å². The number of pyridine rings is 2. The molecule has 0 spiro atoms. The monoisotopic (exact) mass is 519 g/mol. The topological polar surface area (TPSA) is 58.3 Å². The molecule has 1 saturated carbocycles. The summed E-state index contributed by atoms with van der Waals surface area (Å²) in [5.41, 5.74) is 4.77. The molecule has 2 aliphatic heterocycles. The lowest BCUT2D eigenvalue weighted by molar-refractivity contribution is -0.356. The first-order chi connectivity index (χ1) is 19.3. The molecule has 3 aliphatic rings. The Morgan fingerprint density at radius 3 is 1.97 bits per heavy atom. The van der Waals surface area contributed by atoms with Crippen LogP contribution in [0.2, 0.25) is 0 Å². The molecule has 2 atom stereocenters. The fourth-order valence-electron chi connectivity index (χ4n) is 6.82. The Labute approximate surface area is 231 Å². The Morgan fingerprint density at radius 1 is 0.692 bits per heavy atom. The number of rotatable bonds is 6. The third-order valence-corrected chi connectivity index (χ3v) is 8.88. The number of fused-ring (bicyclic) bond motifs is 2. The van der Waals surface area contributed by atoms with Crippen LogP contribution in [-0.4, -0.2) is 48.4 Å². The molecule has 1 aliphatic carbocycles. The standard InChI is InChI=1S/C33H38N6/c1-4-14-27(35-33-22-31(39-19-9-10-20-39)26-13-3-6-16-29(26)37-33)24(11-1)23-34-32-21-30(38-17-7-8-18-38)25-12-2-5-15-28(25)36-32/h2-3,5-6,12-13,15-16,21-24,27H,1,4,7-11,14,17-20H2,(H,35,37)/p+1/t24?,27-/m0/s1. The fraction of sp³-hybridized carbons (Fsp3) is 0.424. The summed E-state index contributed by atoms with van der Waals surface area (Å²) in [6, 6.07) is 22.0. The lowest BCUT2D eigenvalue weighted by Gasteiger charge is -2.30. The molecule has 4 aromatic rings. The largest absolute Gasteiger partial charge is 0.371 e. The zero-order chi connectivity index (χ0) is 26.0. The lowest BCUT2D eigenvalue weighted by atomic mass is 9.85. The minimum atomic E-state index is 0.352. The van der Waals surface area contributed by atoms with E-state index in [4.69, 9.17) is 9.97 Å². The molecule has 1 unspecified atom stereocenters. The van der Waals surface area contributed by atoms with Gasteiger partial charge in [-0.1, -0.05) is 43.2 Å². The van der Waals surface area contributed by atoms with E-state index in [9.17, 15) is 0 Å². The molecule has 7 rings (SSSR count). The Hall–Kier alpha value is -3.67. The van der Waals surface area contributed by atoms with Crippen molar-refractivity contribution in [3.8, 4) is 0 Å². The van der Waals surface area contributed by atoms with E-state index in [1.54, 1.807) is 0 Å². The summed E-state index contributed by atoms with van der Waals surface area (Å²) in [6.45, 7) is 4.53.